The Labute approximate surface area is 174 Å². The molecule has 4 nitrogen and oxygen atoms in total. The summed E-state index contributed by atoms with van der Waals surface area (Å²) in [4.78, 5) is 25.1. The van der Waals surface area contributed by atoms with Crippen molar-refractivity contribution in [1.82, 2.24) is 0 Å². The molecule has 4 heteroatoms. The van der Waals surface area contributed by atoms with Gasteiger partial charge in [-0.05, 0) is 55.7 Å². The van der Waals surface area contributed by atoms with E-state index in [4.69, 9.17) is 9.15 Å². The molecule has 30 heavy (non-hydrogen) atoms. The first kappa shape index (κ1) is 19.6. The Balaban J connectivity index is 1.75. The molecule has 1 heterocycles. The summed E-state index contributed by atoms with van der Waals surface area (Å²) >= 11 is 0. The molecule has 0 aliphatic carbocycles. The Morgan fingerprint density at radius 3 is 2.33 bits per heavy atom. The van der Waals surface area contributed by atoms with Gasteiger partial charge in [0.25, 0.3) is 0 Å². The summed E-state index contributed by atoms with van der Waals surface area (Å²) in [6.07, 6.45) is -0.817. The van der Waals surface area contributed by atoms with E-state index in [1.807, 2.05) is 75.4 Å². The standard InChI is InChI=1S/C26H22O4/c1-16-9-10-20(13-17(16)2)25(28)26(19-7-5-4-6-8-19)29-21-11-12-22-18(3)14-24(27)30-23(22)15-21/h4-15,26H,1-3H3. The lowest BCUT2D eigenvalue weighted by molar-refractivity contribution is 0.0792. The molecule has 150 valence electrons. The highest BCUT2D eigenvalue weighted by Crippen LogP contribution is 2.29. The first-order valence-corrected chi connectivity index (χ1v) is 9.80. The zero-order chi connectivity index (χ0) is 21.3. The van der Waals surface area contributed by atoms with Crippen LogP contribution < -0.4 is 10.4 Å². The molecule has 4 aromatic rings. The van der Waals surface area contributed by atoms with Crippen molar-refractivity contribution < 1.29 is 13.9 Å². The number of rotatable bonds is 5. The summed E-state index contributed by atoms with van der Waals surface area (Å²) in [6.45, 7) is 5.85. The third kappa shape index (κ3) is 3.90. The molecule has 0 aliphatic heterocycles. The fourth-order valence-electron chi connectivity index (χ4n) is 3.46. The highest BCUT2D eigenvalue weighted by Gasteiger charge is 2.24. The lowest BCUT2D eigenvalue weighted by atomic mass is 9.97. The molecule has 1 unspecified atom stereocenters. The lowest BCUT2D eigenvalue weighted by Crippen LogP contribution is -2.19. The van der Waals surface area contributed by atoms with Gasteiger partial charge >= 0.3 is 5.63 Å². The maximum atomic E-state index is 13.4. The smallest absolute Gasteiger partial charge is 0.336 e. The van der Waals surface area contributed by atoms with Crippen molar-refractivity contribution >= 4 is 16.8 Å². The van der Waals surface area contributed by atoms with E-state index >= 15 is 0 Å². The quantitative estimate of drug-likeness (QED) is 0.319. The molecule has 0 saturated carbocycles. The van der Waals surface area contributed by atoms with Crippen LogP contribution in [0.3, 0.4) is 0 Å². The number of hydrogen-bond acceptors (Lipinski definition) is 4. The number of Topliss-reactive ketones (excluding diaryl/α,β-unsaturated/α-hetero) is 1. The number of ketones is 1. The largest absolute Gasteiger partial charge is 0.477 e. The molecule has 1 atom stereocenters. The van der Waals surface area contributed by atoms with Gasteiger partial charge in [0.05, 0.1) is 0 Å². The van der Waals surface area contributed by atoms with E-state index in [2.05, 4.69) is 0 Å². The zero-order valence-electron chi connectivity index (χ0n) is 17.1. The second-order valence-electron chi connectivity index (χ2n) is 7.48. The van der Waals surface area contributed by atoms with Gasteiger partial charge in [0.15, 0.2) is 6.10 Å². The van der Waals surface area contributed by atoms with Crippen LogP contribution in [0.2, 0.25) is 0 Å². The number of hydrogen-bond donors (Lipinski definition) is 0. The van der Waals surface area contributed by atoms with Crippen molar-refractivity contribution in [2.75, 3.05) is 0 Å². The molecular formula is C26H22O4. The second kappa shape index (κ2) is 7.99. The predicted molar refractivity (Wildman–Crippen MR) is 117 cm³/mol. The molecule has 4 rings (SSSR count). The first-order valence-electron chi connectivity index (χ1n) is 9.80. The molecule has 0 spiro atoms. The molecule has 3 aromatic carbocycles. The predicted octanol–water partition coefficient (Wildman–Crippen LogP) is 5.72. The SMILES string of the molecule is Cc1ccc(C(=O)C(Oc2ccc3c(C)cc(=O)oc3c2)c2ccccc2)cc1C. The van der Waals surface area contributed by atoms with E-state index in [0.29, 0.717) is 16.9 Å². The van der Waals surface area contributed by atoms with Crippen molar-refractivity contribution in [2.45, 2.75) is 26.9 Å². The Morgan fingerprint density at radius 1 is 0.833 bits per heavy atom. The van der Waals surface area contributed by atoms with Crippen LogP contribution in [0, 0.1) is 20.8 Å². The van der Waals surface area contributed by atoms with E-state index in [1.54, 1.807) is 12.1 Å². The van der Waals surface area contributed by atoms with E-state index in [9.17, 15) is 9.59 Å². The van der Waals surface area contributed by atoms with Crippen LogP contribution in [-0.2, 0) is 0 Å². The molecule has 0 fully saturated rings. The maximum absolute atomic E-state index is 13.4. The Morgan fingerprint density at radius 2 is 1.60 bits per heavy atom. The van der Waals surface area contributed by atoms with Crippen molar-refractivity contribution in [1.29, 1.82) is 0 Å². The van der Waals surface area contributed by atoms with Crippen LogP contribution in [0.5, 0.6) is 5.75 Å². The topological polar surface area (TPSA) is 56.5 Å². The van der Waals surface area contributed by atoms with Crippen molar-refractivity contribution in [2.24, 2.45) is 0 Å². The lowest BCUT2D eigenvalue weighted by Gasteiger charge is -2.19. The van der Waals surface area contributed by atoms with E-state index < -0.39 is 11.7 Å². The summed E-state index contributed by atoms with van der Waals surface area (Å²) in [7, 11) is 0. The minimum absolute atomic E-state index is 0.130. The van der Waals surface area contributed by atoms with Crippen LogP contribution in [0.4, 0.5) is 0 Å². The minimum Gasteiger partial charge on any atom is -0.477 e. The van der Waals surface area contributed by atoms with Gasteiger partial charge in [0.2, 0.25) is 5.78 Å². The average molecular weight is 398 g/mol. The van der Waals surface area contributed by atoms with Crippen LogP contribution >= 0.6 is 0 Å². The fraction of sp³-hybridized carbons (Fsp3) is 0.154. The number of aryl methyl sites for hydroxylation is 3. The maximum Gasteiger partial charge on any atom is 0.336 e. The van der Waals surface area contributed by atoms with Gasteiger partial charge in [-0.25, -0.2) is 4.79 Å². The van der Waals surface area contributed by atoms with E-state index in [0.717, 1.165) is 27.6 Å². The minimum atomic E-state index is -0.817. The number of ether oxygens (including phenoxy) is 1. The van der Waals surface area contributed by atoms with Gasteiger partial charge in [-0.1, -0.05) is 42.5 Å². The first-order chi connectivity index (χ1) is 14.4. The Kier molecular flexibility index (Phi) is 5.23. The molecule has 0 radical (unpaired) electrons. The van der Waals surface area contributed by atoms with Gasteiger partial charge in [-0.3, -0.25) is 4.79 Å². The van der Waals surface area contributed by atoms with Crippen LogP contribution in [0.1, 0.15) is 38.7 Å². The molecule has 0 saturated heterocycles. The van der Waals surface area contributed by atoms with E-state index in [1.165, 1.54) is 6.07 Å². The van der Waals surface area contributed by atoms with Gasteiger partial charge < -0.3 is 9.15 Å². The summed E-state index contributed by atoms with van der Waals surface area (Å²) in [6, 6.07) is 21.8. The van der Waals surface area contributed by atoms with Gasteiger partial charge in [0, 0.05) is 28.6 Å². The fourth-order valence-corrected chi connectivity index (χ4v) is 3.46. The van der Waals surface area contributed by atoms with E-state index in [-0.39, 0.29) is 5.78 Å². The van der Waals surface area contributed by atoms with Gasteiger partial charge in [-0.2, -0.15) is 0 Å². The van der Waals surface area contributed by atoms with Crippen molar-refractivity contribution in [3.05, 3.63) is 111 Å². The van der Waals surface area contributed by atoms with Crippen LogP contribution in [0.15, 0.2) is 82.0 Å². The summed E-state index contributed by atoms with van der Waals surface area (Å²) < 4.78 is 11.5. The van der Waals surface area contributed by atoms with Crippen LogP contribution in [0.25, 0.3) is 11.0 Å². The third-order valence-corrected chi connectivity index (χ3v) is 5.31. The zero-order valence-corrected chi connectivity index (χ0v) is 17.1. The molecule has 0 bridgehead atoms. The number of carbonyl (C=O) groups excluding carboxylic acids is 1. The summed E-state index contributed by atoms with van der Waals surface area (Å²) in [5.41, 5.74) is 4.38. The second-order valence-corrected chi connectivity index (χ2v) is 7.48. The monoisotopic (exact) mass is 398 g/mol. The Bertz CT molecular complexity index is 1290. The molecule has 0 N–H and O–H groups in total. The summed E-state index contributed by atoms with van der Waals surface area (Å²) in [5.74, 6) is 0.331. The average Bonchev–Trinajstić information content (AvgIpc) is 2.73. The summed E-state index contributed by atoms with van der Waals surface area (Å²) in [5, 5.41) is 0.832. The molecule has 1 aromatic heterocycles. The van der Waals surface area contributed by atoms with Gasteiger partial charge in [0.1, 0.15) is 11.3 Å². The molecular weight excluding hydrogens is 376 g/mol. The Hall–Kier alpha value is -3.66. The van der Waals surface area contributed by atoms with Gasteiger partial charge in [-0.15, -0.1) is 0 Å². The molecule has 0 aliphatic rings. The van der Waals surface area contributed by atoms with Crippen molar-refractivity contribution in [3.8, 4) is 5.75 Å². The number of benzene rings is 3. The third-order valence-electron chi connectivity index (χ3n) is 5.31. The van der Waals surface area contributed by atoms with Crippen molar-refractivity contribution in [3.63, 3.8) is 0 Å². The normalized spacial score (nSPS) is 12.0. The highest BCUT2D eigenvalue weighted by molar-refractivity contribution is 6.00. The number of carbonyl (C=O) groups is 1. The van der Waals surface area contributed by atoms with Crippen LogP contribution in [-0.4, -0.2) is 5.78 Å². The number of fused-ring (bicyclic) bond motifs is 1. The molecule has 0 amide bonds. The highest BCUT2D eigenvalue weighted by atomic mass is 16.5.